The highest BCUT2D eigenvalue weighted by Gasteiger charge is 2.01. The number of hydrogen-bond acceptors (Lipinski definition) is 2. The molecule has 0 aromatic rings. The maximum Gasteiger partial charge on any atom is 0.341 e. The fraction of sp³-hybridized carbons (Fsp3) is 0.556. The van der Waals surface area contributed by atoms with Crippen molar-refractivity contribution in [3.05, 3.63) is 16.9 Å². The molecule has 0 spiro atoms. The van der Waals surface area contributed by atoms with Gasteiger partial charge in [0.05, 0.1) is 12.2 Å². The third-order valence-corrected chi connectivity index (χ3v) is 1.02. The first-order chi connectivity index (χ1) is 5.07. The molecule has 11 heavy (non-hydrogen) atoms. The lowest BCUT2D eigenvalue weighted by Gasteiger charge is -1.97. The SMILES string of the molecule is CCOC(=O)C(C)=C=C(C)C. The quantitative estimate of drug-likeness (QED) is 0.346. The molecule has 0 atom stereocenters. The predicted octanol–water partition coefficient (Wildman–Crippen LogP) is 2.06. The number of carbonyl (C=O) groups excluding carboxylic acids is 1. The van der Waals surface area contributed by atoms with Gasteiger partial charge in [-0.15, -0.1) is 5.73 Å². The summed E-state index contributed by atoms with van der Waals surface area (Å²) in [6, 6.07) is 0. The second-order valence-corrected chi connectivity index (χ2v) is 2.47. The van der Waals surface area contributed by atoms with E-state index in [-0.39, 0.29) is 5.97 Å². The van der Waals surface area contributed by atoms with Gasteiger partial charge < -0.3 is 4.74 Å². The molecule has 62 valence electrons. The van der Waals surface area contributed by atoms with Crippen molar-refractivity contribution in [1.29, 1.82) is 0 Å². The molecule has 0 aliphatic rings. The Morgan fingerprint density at radius 3 is 2.27 bits per heavy atom. The Bertz CT molecular complexity index is 204. The van der Waals surface area contributed by atoms with Crippen LogP contribution in [-0.4, -0.2) is 12.6 Å². The van der Waals surface area contributed by atoms with Crippen molar-refractivity contribution in [2.75, 3.05) is 6.61 Å². The normalized spacial score (nSPS) is 8.36. The highest BCUT2D eigenvalue weighted by molar-refractivity contribution is 5.87. The average molecular weight is 154 g/mol. The Labute approximate surface area is 67.6 Å². The van der Waals surface area contributed by atoms with Gasteiger partial charge >= 0.3 is 5.97 Å². The summed E-state index contributed by atoms with van der Waals surface area (Å²) >= 11 is 0. The van der Waals surface area contributed by atoms with Crippen LogP contribution in [0.15, 0.2) is 16.9 Å². The summed E-state index contributed by atoms with van der Waals surface area (Å²) in [5, 5.41) is 0. The Hall–Kier alpha value is -1.01. The van der Waals surface area contributed by atoms with Gasteiger partial charge in [0.25, 0.3) is 0 Å². The van der Waals surface area contributed by atoms with E-state index in [2.05, 4.69) is 5.73 Å². The van der Waals surface area contributed by atoms with E-state index in [4.69, 9.17) is 4.74 Å². The van der Waals surface area contributed by atoms with E-state index in [1.54, 1.807) is 13.8 Å². The Balaban J connectivity index is 4.37. The van der Waals surface area contributed by atoms with Crippen molar-refractivity contribution < 1.29 is 9.53 Å². The lowest BCUT2D eigenvalue weighted by Crippen LogP contribution is -2.04. The first kappa shape index (κ1) is 9.99. The van der Waals surface area contributed by atoms with Crippen LogP contribution in [0.2, 0.25) is 0 Å². The molecule has 0 heterocycles. The third-order valence-electron chi connectivity index (χ3n) is 1.02. The van der Waals surface area contributed by atoms with Crippen molar-refractivity contribution in [2.45, 2.75) is 27.7 Å². The zero-order valence-electron chi connectivity index (χ0n) is 7.52. The lowest BCUT2D eigenvalue weighted by molar-refractivity contribution is -0.138. The van der Waals surface area contributed by atoms with Crippen molar-refractivity contribution in [3.63, 3.8) is 0 Å². The van der Waals surface area contributed by atoms with Crippen LogP contribution >= 0.6 is 0 Å². The van der Waals surface area contributed by atoms with E-state index >= 15 is 0 Å². The predicted molar refractivity (Wildman–Crippen MR) is 44.2 cm³/mol. The summed E-state index contributed by atoms with van der Waals surface area (Å²) in [6.45, 7) is 7.69. The van der Waals surface area contributed by atoms with Crippen LogP contribution in [0.1, 0.15) is 27.7 Å². The Morgan fingerprint density at radius 1 is 1.36 bits per heavy atom. The molecule has 0 unspecified atom stereocenters. The molecular weight excluding hydrogens is 140 g/mol. The van der Waals surface area contributed by atoms with Gasteiger partial charge in [-0.1, -0.05) is 0 Å². The summed E-state index contributed by atoms with van der Waals surface area (Å²) < 4.78 is 4.75. The third kappa shape index (κ3) is 4.40. The van der Waals surface area contributed by atoms with E-state index in [1.807, 2.05) is 13.8 Å². The molecule has 0 radical (unpaired) electrons. The Kier molecular flexibility index (Phi) is 4.32. The van der Waals surface area contributed by atoms with Crippen LogP contribution in [0.5, 0.6) is 0 Å². The van der Waals surface area contributed by atoms with Crippen molar-refractivity contribution >= 4 is 5.97 Å². The summed E-state index contributed by atoms with van der Waals surface area (Å²) in [7, 11) is 0. The van der Waals surface area contributed by atoms with Crippen molar-refractivity contribution in [3.8, 4) is 0 Å². The average Bonchev–Trinajstić information content (AvgIpc) is 1.86. The molecule has 0 saturated heterocycles. The minimum atomic E-state index is -0.284. The number of carbonyl (C=O) groups is 1. The molecule has 0 aromatic carbocycles. The highest BCUT2D eigenvalue weighted by Crippen LogP contribution is 1.96. The first-order valence-corrected chi connectivity index (χ1v) is 3.65. The van der Waals surface area contributed by atoms with Crippen LogP contribution < -0.4 is 0 Å². The fourth-order valence-corrected chi connectivity index (χ4v) is 0.665. The number of rotatable bonds is 2. The topological polar surface area (TPSA) is 26.3 Å². The molecule has 0 N–H and O–H groups in total. The summed E-state index contributed by atoms with van der Waals surface area (Å²) in [5.41, 5.74) is 4.40. The number of hydrogen-bond donors (Lipinski definition) is 0. The van der Waals surface area contributed by atoms with Crippen LogP contribution in [0.3, 0.4) is 0 Å². The molecule has 0 fully saturated rings. The van der Waals surface area contributed by atoms with Gasteiger partial charge in [-0.05, 0) is 33.3 Å². The van der Waals surface area contributed by atoms with Gasteiger partial charge in [-0.2, -0.15) is 0 Å². The van der Waals surface area contributed by atoms with Gasteiger partial charge in [0.1, 0.15) is 0 Å². The maximum absolute atomic E-state index is 10.9. The van der Waals surface area contributed by atoms with Crippen LogP contribution in [0.25, 0.3) is 0 Å². The zero-order valence-corrected chi connectivity index (χ0v) is 7.52. The Morgan fingerprint density at radius 2 is 1.91 bits per heavy atom. The van der Waals surface area contributed by atoms with Gasteiger partial charge in [0.2, 0.25) is 0 Å². The minimum absolute atomic E-state index is 0.284. The summed E-state index contributed by atoms with van der Waals surface area (Å²) in [4.78, 5) is 10.9. The highest BCUT2D eigenvalue weighted by atomic mass is 16.5. The second-order valence-electron chi connectivity index (χ2n) is 2.47. The fourth-order valence-electron chi connectivity index (χ4n) is 0.665. The molecule has 0 aliphatic carbocycles. The smallest absolute Gasteiger partial charge is 0.341 e. The van der Waals surface area contributed by atoms with Crippen LogP contribution in [0, 0.1) is 0 Å². The van der Waals surface area contributed by atoms with Gasteiger partial charge in [0.15, 0.2) is 0 Å². The van der Waals surface area contributed by atoms with E-state index in [9.17, 15) is 4.79 Å². The first-order valence-electron chi connectivity index (χ1n) is 3.65. The second kappa shape index (κ2) is 4.75. The molecule has 0 amide bonds. The molecular formula is C9H14O2. The van der Waals surface area contributed by atoms with E-state index in [0.717, 1.165) is 5.57 Å². The van der Waals surface area contributed by atoms with Gasteiger partial charge in [-0.25, -0.2) is 4.79 Å². The van der Waals surface area contributed by atoms with Crippen LogP contribution in [-0.2, 0) is 9.53 Å². The maximum atomic E-state index is 10.9. The minimum Gasteiger partial charge on any atom is -0.462 e. The summed E-state index contributed by atoms with van der Waals surface area (Å²) in [6.07, 6.45) is 0. The standard InChI is InChI=1S/C9H14O2/c1-5-11-9(10)8(4)6-7(2)3/h5H2,1-4H3. The number of ether oxygens (including phenoxy) is 1. The zero-order chi connectivity index (χ0) is 8.85. The molecule has 2 nitrogen and oxygen atoms in total. The van der Waals surface area contributed by atoms with Gasteiger partial charge in [-0.3, -0.25) is 0 Å². The van der Waals surface area contributed by atoms with Gasteiger partial charge in [0, 0.05) is 0 Å². The van der Waals surface area contributed by atoms with Crippen molar-refractivity contribution in [2.24, 2.45) is 0 Å². The van der Waals surface area contributed by atoms with E-state index in [1.165, 1.54) is 0 Å². The molecule has 0 rings (SSSR count). The van der Waals surface area contributed by atoms with E-state index in [0.29, 0.717) is 12.2 Å². The summed E-state index contributed by atoms with van der Waals surface area (Å²) in [5.74, 6) is -0.284. The molecule has 2 heteroatoms. The van der Waals surface area contributed by atoms with Crippen LogP contribution in [0.4, 0.5) is 0 Å². The lowest BCUT2D eigenvalue weighted by atomic mass is 10.2. The molecule has 0 aliphatic heterocycles. The molecule has 0 aromatic heterocycles. The number of esters is 1. The molecule has 0 bridgehead atoms. The largest absolute Gasteiger partial charge is 0.462 e. The monoisotopic (exact) mass is 154 g/mol. The molecule has 0 saturated carbocycles. The van der Waals surface area contributed by atoms with Crippen molar-refractivity contribution in [1.82, 2.24) is 0 Å². The van der Waals surface area contributed by atoms with E-state index < -0.39 is 0 Å².